The Bertz CT molecular complexity index is 404. The van der Waals surface area contributed by atoms with Gasteiger partial charge in [0.1, 0.15) is 0 Å². The Hall–Kier alpha value is -1.09. The maximum atomic E-state index is 6.24. The van der Waals surface area contributed by atoms with Crippen molar-refractivity contribution in [2.75, 3.05) is 0 Å². The van der Waals surface area contributed by atoms with Crippen molar-refractivity contribution in [2.24, 2.45) is 17.6 Å². The van der Waals surface area contributed by atoms with Crippen LogP contribution in [0.5, 0.6) is 0 Å². The molecular weight excluding hydrogens is 234 g/mol. The van der Waals surface area contributed by atoms with E-state index in [-0.39, 0.29) is 6.04 Å². The largest absolute Gasteiger partial charge is 0.348 e. The molecule has 1 aromatic heterocycles. The summed E-state index contributed by atoms with van der Waals surface area (Å²) in [5.41, 5.74) is 7.51. The smallest absolute Gasteiger partial charge is 0.0921 e. The van der Waals surface area contributed by atoms with Gasteiger partial charge in [0.05, 0.1) is 6.33 Å². The van der Waals surface area contributed by atoms with Gasteiger partial charge in [0, 0.05) is 23.9 Å². The second-order valence-corrected chi connectivity index (χ2v) is 6.30. The van der Waals surface area contributed by atoms with E-state index in [1.807, 2.05) is 6.20 Å². The van der Waals surface area contributed by atoms with E-state index in [9.17, 15) is 0 Å². The summed E-state index contributed by atoms with van der Waals surface area (Å²) in [4.78, 5) is 7.29. The number of nitrogens with zero attached hydrogens (tertiary/aromatic N) is 1. The van der Waals surface area contributed by atoms with E-state index >= 15 is 0 Å². The lowest BCUT2D eigenvalue weighted by Gasteiger charge is -2.23. The molecule has 19 heavy (non-hydrogen) atoms. The van der Waals surface area contributed by atoms with Crippen LogP contribution in [-0.4, -0.2) is 16.0 Å². The van der Waals surface area contributed by atoms with Gasteiger partial charge in [-0.05, 0) is 24.7 Å². The summed E-state index contributed by atoms with van der Waals surface area (Å²) < 4.78 is 0. The molecule has 3 N–H and O–H groups in total. The second kappa shape index (κ2) is 5.91. The number of rotatable bonds is 5. The summed E-state index contributed by atoms with van der Waals surface area (Å²) in [5, 5.41) is 0. The highest BCUT2D eigenvalue weighted by Gasteiger charge is 2.37. The lowest BCUT2D eigenvalue weighted by molar-refractivity contribution is 0.329. The Labute approximate surface area is 115 Å². The molecule has 0 saturated heterocycles. The number of aromatic amines is 1. The predicted molar refractivity (Wildman–Crippen MR) is 77.7 cm³/mol. The minimum atomic E-state index is 0.256. The number of allylic oxidation sites excluding steroid dienone is 1. The molecule has 2 aliphatic rings. The van der Waals surface area contributed by atoms with Crippen LogP contribution in [0.1, 0.15) is 56.6 Å². The average Bonchev–Trinajstić information content (AvgIpc) is 3.00. The first-order chi connectivity index (χ1) is 9.33. The zero-order chi connectivity index (χ0) is 13.1. The summed E-state index contributed by atoms with van der Waals surface area (Å²) in [5.74, 6) is 2.20. The topological polar surface area (TPSA) is 54.7 Å². The molecule has 0 bridgehead atoms. The SMILES string of the molecule is N[C@H](/C=C\[C@@H]1C[C@H]1c1cnc[nH]1)CC1CCCCC1. The van der Waals surface area contributed by atoms with E-state index in [4.69, 9.17) is 5.73 Å². The number of hydrogen-bond donors (Lipinski definition) is 2. The van der Waals surface area contributed by atoms with Crippen molar-refractivity contribution in [3.8, 4) is 0 Å². The molecule has 3 nitrogen and oxygen atoms in total. The lowest BCUT2D eigenvalue weighted by atomic mass is 9.85. The van der Waals surface area contributed by atoms with Crippen molar-refractivity contribution in [1.82, 2.24) is 9.97 Å². The van der Waals surface area contributed by atoms with Crippen LogP contribution in [0.4, 0.5) is 0 Å². The van der Waals surface area contributed by atoms with Gasteiger partial charge < -0.3 is 10.7 Å². The first-order valence-electron chi connectivity index (χ1n) is 7.75. The van der Waals surface area contributed by atoms with Crippen molar-refractivity contribution >= 4 is 0 Å². The Morgan fingerprint density at radius 3 is 2.95 bits per heavy atom. The number of nitrogens with one attached hydrogen (secondary N) is 1. The molecule has 0 amide bonds. The fourth-order valence-electron chi connectivity index (χ4n) is 3.43. The molecule has 0 radical (unpaired) electrons. The van der Waals surface area contributed by atoms with Crippen LogP contribution in [0.3, 0.4) is 0 Å². The third-order valence-corrected chi connectivity index (χ3v) is 4.69. The molecule has 1 heterocycles. The van der Waals surface area contributed by atoms with Gasteiger partial charge in [-0.3, -0.25) is 0 Å². The molecule has 104 valence electrons. The maximum Gasteiger partial charge on any atom is 0.0921 e. The van der Waals surface area contributed by atoms with Crippen molar-refractivity contribution in [3.05, 3.63) is 30.4 Å². The van der Waals surface area contributed by atoms with E-state index in [0.29, 0.717) is 11.8 Å². The van der Waals surface area contributed by atoms with Crippen LogP contribution in [0.25, 0.3) is 0 Å². The third kappa shape index (κ3) is 3.47. The fraction of sp³-hybridized carbons (Fsp3) is 0.688. The van der Waals surface area contributed by atoms with Crippen LogP contribution >= 0.6 is 0 Å². The molecular formula is C16H25N3. The van der Waals surface area contributed by atoms with Gasteiger partial charge >= 0.3 is 0 Å². The van der Waals surface area contributed by atoms with E-state index in [0.717, 1.165) is 5.92 Å². The van der Waals surface area contributed by atoms with E-state index < -0.39 is 0 Å². The van der Waals surface area contributed by atoms with Crippen molar-refractivity contribution < 1.29 is 0 Å². The highest BCUT2D eigenvalue weighted by molar-refractivity contribution is 5.20. The number of hydrogen-bond acceptors (Lipinski definition) is 2. The summed E-state index contributed by atoms with van der Waals surface area (Å²) in [6.45, 7) is 0. The molecule has 0 aliphatic heterocycles. The summed E-state index contributed by atoms with van der Waals surface area (Å²) in [7, 11) is 0. The van der Waals surface area contributed by atoms with Gasteiger partial charge in [0.15, 0.2) is 0 Å². The zero-order valence-corrected chi connectivity index (χ0v) is 11.6. The molecule has 3 atom stereocenters. The average molecular weight is 259 g/mol. The molecule has 0 aromatic carbocycles. The van der Waals surface area contributed by atoms with Gasteiger partial charge in [-0.15, -0.1) is 0 Å². The van der Waals surface area contributed by atoms with Crippen LogP contribution in [-0.2, 0) is 0 Å². The zero-order valence-electron chi connectivity index (χ0n) is 11.6. The summed E-state index contributed by atoms with van der Waals surface area (Å²) in [6.07, 6.45) is 17.7. The first-order valence-corrected chi connectivity index (χ1v) is 7.75. The Kier molecular flexibility index (Phi) is 4.02. The number of nitrogens with two attached hydrogens (primary N) is 1. The van der Waals surface area contributed by atoms with E-state index in [1.54, 1.807) is 6.33 Å². The van der Waals surface area contributed by atoms with Gasteiger partial charge in [-0.25, -0.2) is 4.98 Å². The van der Waals surface area contributed by atoms with E-state index in [2.05, 4.69) is 22.1 Å². The number of H-pyrrole nitrogens is 1. The molecule has 3 heteroatoms. The van der Waals surface area contributed by atoms with Gasteiger partial charge in [-0.2, -0.15) is 0 Å². The lowest BCUT2D eigenvalue weighted by Crippen LogP contribution is -2.22. The minimum Gasteiger partial charge on any atom is -0.348 e. The van der Waals surface area contributed by atoms with E-state index in [1.165, 1.54) is 50.6 Å². The van der Waals surface area contributed by atoms with Crippen molar-refractivity contribution in [3.63, 3.8) is 0 Å². The monoisotopic (exact) mass is 259 g/mol. The van der Waals surface area contributed by atoms with Crippen LogP contribution in [0.15, 0.2) is 24.7 Å². The quantitative estimate of drug-likeness (QED) is 0.797. The normalized spacial score (nSPS) is 29.7. The fourth-order valence-corrected chi connectivity index (χ4v) is 3.43. The highest BCUT2D eigenvalue weighted by Crippen LogP contribution is 2.47. The van der Waals surface area contributed by atoms with Crippen LogP contribution < -0.4 is 5.73 Å². The third-order valence-electron chi connectivity index (χ3n) is 4.69. The summed E-state index contributed by atoms with van der Waals surface area (Å²) >= 11 is 0. The molecule has 0 spiro atoms. The molecule has 2 saturated carbocycles. The highest BCUT2D eigenvalue weighted by atomic mass is 14.9. The van der Waals surface area contributed by atoms with Gasteiger partial charge in [0.2, 0.25) is 0 Å². The Morgan fingerprint density at radius 2 is 2.21 bits per heavy atom. The molecule has 0 unspecified atom stereocenters. The van der Waals surface area contributed by atoms with Crippen LogP contribution in [0, 0.1) is 11.8 Å². The minimum absolute atomic E-state index is 0.256. The standard InChI is InChI=1S/C16H25N3/c17-14(8-12-4-2-1-3-5-12)7-6-13-9-15(13)16-10-18-11-19-16/h6-7,10-15H,1-5,8-9,17H2,(H,18,19)/b7-6-/t13-,14-,15-/m1/s1. The van der Waals surface area contributed by atoms with Crippen molar-refractivity contribution in [1.29, 1.82) is 0 Å². The Balaban J connectivity index is 1.42. The maximum absolute atomic E-state index is 6.24. The molecule has 2 aliphatic carbocycles. The first kappa shape index (κ1) is 12.9. The molecule has 3 rings (SSSR count). The summed E-state index contributed by atoms with van der Waals surface area (Å²) in [6, 6.07) is 0.256. The molecule has 2 fully saturated rings. The number of imidazole rings is 1. The van der Waals surface area contributed by atoms with Crippen LogP contribution in [0.2, 0.25) is 0 Å². The molecule has 1 aromatic rings. The predicted octanol–water partition coefficient (Wildman–Crippen LogP) is 3.37. The van der Waals surface area contributed by atoms with Gasteiger partial charge in [-0.1, -0.05) is 44.3 Å². The second-order valence-electron chi connectivity index (χ2n) is 6.30. The number of aromatic nitrogens is 2. The van der Waals surface area contributed by atoms with Gasteiger partial charge in [0.25, 0.3) is 0 Å². The Morgan fingerprint density at radius 1 is 1.37 bits per heavy atom. The van der Waals surface area contributed by atoms with Crippen molar-refractivity contribution in [2.45, 2.75) is 56.9 Å².